The number of likely N-dealkylation sites (tertiary alicyclic amines) is 1. The number of nitrogens with zero attached hydrogens (tertiary/aromatic N) is 1. The molecule has 1 aliphatic heterocycles. The minimum absolute atomic E-state index is 0.0576. The van der Waals surface area contributed by atoms with Crippen LogP contribution in [-0.2, 0) is 19.1 Å². The van der Waals surface area contributed by atoms with Gasteiger partial charge >= 0.3 is 12.1 Å². The summed E-state index contributed by atoms with van der Waals surface area (Å²) < 4.78 is 10.8. The second kappa shape index (κ2) is 9.46. The monoisotopic (exact) mass is 466 g/mol. The lowest BCUT2D eigenvalue weighted by molar-refractivity contribution is -0.144. The molecule has 1 saturated heterocycles. The van der Waals surface area contributed by atoms with E-state index in [0.717, 1.165) is 22.3 Å². The molecule has 1 heterocycles. The van der Waals surface area contributed by atoms with Crippen molar-refractivity contribution >= 4 is 18.0 Å². The van der Waals surface area contributed by atoms with Crippen molar-refractivity contribution in [2.75, 3.05) is 33.4 Å². The van der Waals surface area contributed by atoms with Gasteiger partial charge in [-0.15, -0.1) is 0 Å². The number of carbonyl (C=O) groups excluding carboxylic acids is 2. The lowest BCUT2D eigenvalue weighted by atomic mass is 9.82. The average Bonchev–Trinajstić information content (AvgIpc) is 3.32. The van der Waals surface area contributed by atoms with Gasteiger partial charge in [-0.3, -0.25) is 9.59 Å². The lowest BCUT2D eigenvalue weighted by Crippen LogP contribution is -2.45. The van der Waals surface area contributed by atoms with Crippen LogP contribution >= 0.6 is 0 Å². The molecule has 180 valence electrons. The Morgan fingerprint density at radius 1 is 1.09 bits per heavy atom. The first-order valence-corrected chi connectivity index (χ1v) is 11.4. The summed E-state index contributed by atoms with van der Waals surface area (Å²) in [5.41, 5.74) is 3.98. The second-order valence-electron chi connectivity index (χ2n) is 9.53. The summed E-state index contributed by atoms with van der Waals surface area (Å²) in [7, 11) is 1.39. The molecule has 2 amide bonds. The Bertz CT molecular complexity index is 1050. The van der Waals surface area contributed by atoms with Crippen LogP contribution in [-0.4, -0.2) is 67.4 Å². The summed E-state index contributed by atoms with van der Waals surface area (Å²) >= 11 is 0. The number of carboxylic acid groups (broad SMARTS) is 1. The number of carbonyl (C=O) groups is 3. The molecule has 1 fully saturated rings. The average molecular weight is 467 g/mol. The number of aliphatic carboxylic acids is 1. The maximum Gasteiger partial charge on any atom is 0.407 e. The van der Waals surface area contributed by atoms with E-state index in [1.54, 1.807) is 0 Å². The molecule has 0 bridgehead atoms. The number of fused-ring (bicyclic) bond motifs is 3. The van der Waals surface area contributed by atoms with Gasteiger partial charge in [-0.2, -0.15) is 0 Å². The number of benzene rings is 2. The fourth-order valence-corrected chi connectivity index (χ4v) is 5.01. The van der Waals surface area contributed by atoms with E-state index in [9.17, 15) is 19.5 Å². The van der Waals surface area contributed by atoms with Crippen molar-refractivity contribution in [3.05, 3.63) is 59.7 Å². The van der Waals surface area contributed by atoms with Crippen LogP contribution in [0.4, 0.5) is 4.79 Å². The van der Waals surface area contributed by atoms with Crippen molar-refractivity contribution in [2.45, 2.75) is 25.9 Å². The summed E-state index contributed by atoms with van der Waals surface area (Å²) in [5.74, 6) is -1.98. The Hall–Kier alpha value is -3.39. The van der Waals surface area contributed by atoms with Gasteiger partial charge in [0.2, 0.25) is 0 Å². The first kappa shape index (κ1) is 23.8. The van der Waals surface area contributed by atoms with Gasteiger partial charge in [-0.1, -0.05) is 62.4 Å². The van der Waals surface area contributed by atoms with Crippen LogP contribution in [0.2, 0.25) is 0 Å². The Kier molecular flexibility index (Phi) is 6.61. The molecule has 0 saturated carbocycles. The van der Waals surface area contributed by atoms with E-state index in [1.807, 2.05) is 50.2 Å². The van der Waals surface area contributed by atoms with Crippen LogP contribution in [0.3, 0.4) is 0 Å². The molecule has 2 N–H and O–H groups in total. The maximum atomic E-state index is 12.9. The molecule has 0 spiro atoms. The predicted molar refractivity (Wildman–Crippen MR) is 125 cm³/mol. The van der Waals surface area contributed by atoms with Gasteiger partial charge in [0.15, 0.2) is 6.10 Å². The summed E-state index contributed by atoms with van der Waals surface area (Å²) in [6, 6.07) is 16.2. The SMILES string of the molecule is COC(CNC(=O)OCC1c2ccccc2-c2ccccc21)C(=O)N1CC(C(=O)O)C(C)(C)C1. The molecule has 34 heavy (non-hydrogen) atoms. The zero-order valence-corrected chi connectivity index (χ0v) is 19.6. The third-order valence-electron chi connectivity index (χ3n) is 6.89. The number of nitrogens with one attached hydrogen (secondary N) is 1. The molecule has 8 heteroatoms. The third-order valence-corrected chi connectivity index (χ3v) is 6.89. The normalized spacial score (nSPS) is 19.3. The smallest absolute Gasteiger partial charge is 0.407 e. The van der Waals surface area contributed by atoms with Crippen LogP contribution in [0.15, 0.2) is 48.5 Å². The predicted octanol–water partition coefficient (Wildman–Crippen LogP) is 3.11. The maximum absolute atomic E-state index is 12.9. The van der Waals surface area contributed by atoms with Crippen molar-refractivity contribution in [3.8, 4) is 11.1 Å². The molecular formula is C26H30N2O6. The topological polar surface area (TPSA) is 105 Å². The van der Waals surface area contributed by atoms with Crippen LogP contribution in [0.25, 0.3) is 11.1 Å². The highest BCUT2D eigenvalue weighted by atomic mass is 16.5. The van der Waals surface area contributed by atoms with Crippen LogP contribution in [0.5, 0.6) is 0 Å². The van der Waals surface area contributed by atoms with E-state index in [1.165, 1.54) is 12.0 Å². The Labute approximate surface area is 198 Å². The molecule has 2 aromatic rings. The van der Waals surface area contributed by atoms with Gasteiger partial charge in [0.1, 0.15) is 6.61 Å². The zero-order chi connectivity index (χ0) is 24.5. The number of rotatable bonds is 7. The third kappa shape index (κ3) is 4.50. The number of amides is 2. The highest BCUT2D eigenvalue weighted by Crippen LogP contribution is 2.44. The fraction of sp³-hybridized carbons (Fsp3) is 0.423. The van der Waals surface area contributed by atoms with Crippen molar-refractivity contribution in [3.63, 3.8) is 0 Å². The second-order valence-corrected chi connectivity index (χ2v) is 9.53. The molecule has 1 aliphatic carbocycles. The van der Waals surface area contributed by atoms with Crippen LogP contribution < -0.4 is 5.32 Å². The van der Waals surface area contributed by atoms with Crippen LogP contribution in [0.1, 0.15) is 30.9 Å². The van der Waals surface area contributed by atoms with Gasteiger partial charge in [0, 0.05) is 26.1 Å². The molecule has 4 rings (SSSR count). The van der Waals surface area contributed by atoms with E-state index < -0.39 is 29.5 Å². The number of methoxy groups -OCH3 is 1. The number of carboxylic acids is 1. The lowest BCUT2D eigenvalue weighted by Gasteiger charge is -2.24. The highest BCUT2D eigenvalue weighted by molar-refractivity contribution is 5.84. The molecule has 8 nitrogen and oxygen atoms in total. The van der Waals surface area contributed by atoms with E-state index in [2.05, 4.69) is 17.4 Å². The van der Waals surface area contributed by atoms with E-state index in [0.29, 0.717) is 6.54 Å². The first-order chi connectivity index (χ1) is 16.2. The quantitative estimate of drug-likeness (QED) is 0.650. The van der Waals surface area contributed by atoms with Crippen molar-refractivity contribution < 1.29 is 29.0 Å². The van der Waals surface area contributed by atoms with Crippen molar-refractivity contribution in [1.29, 1.82) is 0 Å². The summed E-state index contributed by atoms with van der Waals surface area (Å²) in [5, 5.41) is 12.1. The molecule has 0 aromatic heterocycles. The largest absolute Gasteiger partial charge is 0.481 e. The van der Waals surface area contributed by atoms with Gasteiger partial charge in [-0.25, -0.2) is 4.79 Å². The van der Waals surface area contributed by atoms with Gasteiger partial charge in [0.05, 0.1) is 12.5 Å². The summed E-state index contributed by atoms with van der Waals surface area (Å²) in [4.78, 5) is 38.4. The Balaban J connectivity index is 1.33. The van der Waals surface area contributed by atoms with E-state index in [-0.39, 0.29) is 31.5 Å². The minimum Gasteiger partial charge on any atom is -0.481 e. The van der Waals surface area contributed by atoms with E-state index >= 15 is 0 Å². The van der Waals surface area contributed by atoms with Crippen molar-refractivity contribution in [2.24, 2.45) is 11.3 Å². The molecule has 2 aliphatic rings. The number of alkyl carbamates (subject to hydrolysis) is 1. The summed E-state index contributed by atoms with van der Waals surface area (Å²) in [6.45, 7) is 4.19. The Morgan fingerprint density at radius 2 is 1.68 bits per heavy atom. The van der Waals surface area contributed by atoms with Crippen molar-refractivity contribution in [1.82, 2.24) is 10.2 Å². The van der Waals surface area contributed by atoms with Gasteiger partial charge in [0.25, 0.3) is 5.91 Å². The number of hydrogen-bond acceptors (Lipinski definition) is 5. The summed E-state index contributed by atoms with van der Waals surface area (Å²) in [6.07, 6.45) is -1.56. The van der Waals surface area contributed by atoms with E-state index in [4.69, 9.17) is 9.47 Å². The first-order valence-electron chi connectivity index (χ1n) is 11.4. The van der Waals surface area contributed by atoms with Gasteiger partial charge < -0.3 is 24.8 Å². The molecule has 2 aromatic carbocycles. The highest BCUT2D eigenvalue weighted by Gasteiger charge is 2.46. The minimum atomic E-state index is -0.927. The molecule has 2 unspecified atom stereocenters. The number of hydrogen-bond donors (Lipinski definition) is 2. The standard InChI is InChI=1S/C26H30N2O6/c1-26(2)15-28(13-21(26)24(30)31)23(29)22(33-3)12-27-25(32)34-14-20-18-10-6-4-8-16(18)17-9-5-7-11-19(17)20/h4-11,20-22H,12-15H2,1-3H3,(H,27,32)(H,30,31). The molecular weight excluding hydrogens is 436 g/mol. The molecule has 2 atom stereocenters. The molecule has 0 radical (unpaired) electrons. The van der Waals surface area contributed by atoms with Crippen LogP contribution in [0, 0.1) is 11.3 Å². The fourth-order valence-electron chi connectivity index (χ4n) is 5.01. The zero-order valence-electron chi connectivity index (χ0n) is 19.6. The number of ether oxygens (including phenoxy) is 2. The Morgan fingerprint density at radius 3 is 2.21 bits per heavy atom. The van der Waals surface area contributed by atoms with Gasteiger partial charge in [-0.05, 0) is 27.7 Å².